The lowest BCUT2D eigenvalue weighted by Crippen LogP contribution is -2.44. The van der Waals surface area contributed by atoms with E-state index in [9.17, 15) is 15.0 Å². The van der Waals surface area contributed by atoms with Gasteiger partial charge in [0.2, 0.25) is 5.91 Å². The second kappa shape index (κ2) is 15.6. The highest BCUT2D eigenvalue weighted by molar-refractivity contribution is 6.74. The smallest absolute Gasteiger partial charge is 0.224 e. The fourth-order valence-corrected chi connectivity index (χ4v) is 6.02. The Morgan fingerprint density at radius 2 is 1.64 bits per heavy atom. The van der Waals surface area contributed by atoms with Gasteiger partial charge >= 0.3 is 0 Å². The van der Waals surface area contributed by atoms with Crippen molar-refractivity contribution in [2.45, 2.75) is 84.0 Å². The first-order chi connectivity index (χ1) is 20.8. The Kier molecular flexibility index (Phi) is 12.4. The minimum absolute atomic E-state index is 0.0296. The molecule has 4 N–H and O–H groups in total. The first-order valence-corrected chi connectivity index (χ1v) is 18.1. The maximum atomic E-state index is 12.7. The molecule has 0 spiro atoms. The summed E-state index contributed by atoms with van der Waals surface area (Å²) in [4.78, 5) is 12.7. The van der Waals surface area contributed by atoms with Crippen molar-refractivity contribution in [3.05, 3.63) is 88.5 Å². The molecule has 0 unspecified atom stereocenters. The lowest BCUT2D eigenvalue weighted by atomic mass is 10.0. The van der Waals surface area contributed by atoms with E-state index in [0.29, 0.717) is 36.6 Å². The number of hydrogen-bond acceptors (Lipinski definition) is 7. The van der Waals surface area contributed by atoms with E-state index < -0.39 is 8.32 Å². The molecule has 0 saturated carbocycles. The Balaban J connectivity index is 1.61. The van der Waals surface area contributed by atoms with E-state index in [-0.39, 0.29) is 35.4 Å². The van der Waals surface area contributed by atoms with Crippen LogP contribution in [0.5, 0.6) is 17.2 Å². The number of methoxy groups -OCH3 is 2. The van der Waals surface area contributed by atoms with Gasteiger partial charge in [-0.1, -0.05) is 57.2 Å². The average Bonchev–Trinajstić information content (AvgIpc) is 2.97. The number of aliphatic hydroxyl groups excluding tert-OH is 1. The molecule has 0 radical (unpaired) electrons. The number of phenols is 1. The first kappa shape index (κ1) is 35.1. The number of ether oxygens (including phenoxy) is 2. The fourth-order valence-electron chi connectivity index (χ4n) is 4.73. The molecule has 1 amide bonds. The van der Waals surface area contributed by atoms with Gasteiger partial charge in [-0.3, -0.25) is 4.79 Å². The summed E-state index contributed by atoms with van der Waals surface area (Å²) in [6.07, 6.45) is 0.843. The molecule has 2 atom stereocenters. The van der Waals surface area contributed by atoms with Gasteiger partial charge in [-0.25, -0.2) is 0 Å². The third kappa shape index (κ3) is 9.82. The Hall–Kier alpha value is -3.37. The van der Waals surface area contributed by atoms with Crippen LogP contribution in [-0.2, 0) is 35.2 Å². The quantitative estimate of drug-likeness (QED) is 0.153. The highest BCUT2D eigenvalue weighted by Gasteiger charge is 2.39. The molecule has 0 aliphatic rings. The number of aromatic hydroxyl groups is 1. The van der Waals surface area contributed by atoms with Crippen LogP contribution >= 0.6 is 0 Å². The zero-order valence-electron chi connectivity index (χ0n) is 27.5. The van der Waals surface area contributed by atoms with Crippen LogP contribution in [0.3, 0.4) is 0 Å². The lowest BCUT2D eigenvalue weighted by molar-refractivity contribution is -0.120. The number of benzene rings is 3. The van der Waals surface area contributed by atoms with Crippen molar-refractivity contribution in [2.24, 2.45) is 0 Å². The highest BCUT2D eigenvalue weighted by atomic mass is 28.4. The van der Waals surface area contributed by atoms with Crippen molar-refractivity contribution in [1.82, 2.24) is 10.6 Å². The van der Waals surface area contributed by atoms with Crippen LogP contribution in [-0.4, -0.2) is 51.2 Å². The van der Waals surface area contributed by atoms with Gasteiger partial charge in [0.1, 0.15) is 5.75 Å². The minimum atomic E-state index is -2.11. The predicted octanol–water partition coefficient (Wildman–Crippen LogP) is 6.04. The van der Waals surface area contributed by atoms with Gasteiger partial charge in [0.15, 0.2) is 19.8 Å². The molecule has 0 heterocycles. The summed E-state index contributed by atoms with van der Waals surface area (Å²) < 4.78 is 17.5. The van der Waals surface area contributed by atoms with Crippen LogP contribution in [0.2, 0.25) is 18.1 Å². The monoisotopic (exact) mass is 622 g/mol. The van der Waals surface area contributed by atoms with Gasteiger partial charge in [-0.15, -0.1) is 0 Å². The lowest BCUT2D eigenvalue weighted by Gasteiger charge is -2.40. The molecule has 0 aliphatic carbocycles. The third-order valence-electron chi connectivity index (χ3n) is 8.38. The average molecular weight is 623 g/mol. The zero-order chi connectivity index (χ0) is 32.5. The predicted molar refractivity (Wildman–Crippen MR) is 178 cm³/mol. The number of aliphatic hydroxyl groups is 1. The molecular weight excluding hydrogens is 572 g/mol. The Morgan fingerprint density at radius 3 is 2.30 bits per heavy atom. The van der Waals surface area contributed by atoms with Gasteiger partial charge < -0.3 is 34.7 Å². The van der Waals surface area contributed by atoms with E-state index in [1.807, 2.05) is 42.5 Å². The summed E-state index contributed by atoms with van der Waals surface area (Å²) in [5, 5.41) is 26.5. The summed E-state index contributed by atoms with van der Waals surface area (Å²) in [7, 11) is 1.07. The number of rotatable bonds is 15. The van der Waals surface area contributed by atoms with Crippen molar-refractivity contribution in [3.63, 3.8) is 0 Å². The fraction of sp³-hybridized carbons (Fsp3) is 0.457. The Labute approximate surface area is 263 Å². The zero-order valence-corrected chi connectivity index (χ0v) is 28.5. The van der Waals surface area contributed by atoms with Gasteiger partial charge in [0.25, 0.3) is 0 Å². The standard InChI is InChI=1S/C35H50N2O6Si/c1-24(36-22-33(43-44(7,8)35(2,3)4)28-13-14-30(39)29(20-28)23-38)16-25-10-9-11-26(17-25)19-34(40)37-21-27-12-15-31(41-5)32(18-27)42-6/h9-15,17-18,20,24,33,36,38-39H,16,19,21-23H2,1-8H3,(H,37,40)/t24-,33-/m1/s1. The van der Waals surface area contributed by atoms with E-state index in [4.69, 9.17) is 13.9 Å². The molecule has 8 nitrogen and oxygen atoms in total. The molecule has 9 heteroatoms. The van der Waals surface area contributed by atoms with Crippen molar-refractivity contribution in [3.8, 4) is 17.2 Å². The maximum Gasteiger partial charge on any atom is 0.224 e. The molecule has 3 aromatic rings. The van der Waals surface area contributed by atoms with Crippen LogP contribution in [0.15, 0.2) is 60.7 Å². The van der Waals surface area contributed by atoms with E-state index in [1.54, 1.807) is 20.3 Å². The molecular formula is C35H50N2O6Si. The number of nitrogens with one attached hydrogen (secondary N) is 2. The number of hydrogen-bond donors (Lipinski definition) is 4. The van der Waals surface area contributed by atoms with Crippen LogP contribution in [0, 0.1) is 0 Å². The molecule has 240 valence electrons. The van der Waals surface area contributed by atoms with E-state index in [1.165, 1.54) is 0 Å². The van der Waals surface area contributed by atoms with Crippen LogP contribution in [0.4, 0.5) is 0 Å². The molecule has 0 saturated heterocycles. The topological polar surface area (TPSA) is 109 Å². The van der Waals surface area contributed by atoms with Crippen molar-refractivity contribution < 1.29 is 28.9 Å². The first-order valence-electron chi connectivity index (χ1n) is 15.2. The Bertz CT molecular complexity index is 1390. The van der Waals surface area contributed by atoms with Gasteiger partial charge in [-0.2, -0.15) is 0 Å². The molecule has 3 aromatic carbocycles. The number of amides is 1. The van der Waals surface area contributed by atoms with Crippen LogP contribution < -0.4 is 20.1 Å². The van der Waals surface area contributed by atoms with Gasteiger partial charge in [0.05, 0.1) is 33.4 Å². The minimum Gasteiger partial charge on any atom is -0.508 e. The summed E-state index contributed by atoms with van der Waals surface area (Å²) in [6.45, 7) is 14.0. The maximum absolute atomic E-state index is 12.7. The molecule has 0 fully saturated rings. The number of carbonyl (C=O) groups excluding carboxylic acids is 1. The van der Waals surface area contributed by atoms with Gasteiger partial charge in [0, 0.05) is 24.7 Å². The number of carbonyl (C=O) groups is 1. The summed E-state index contributed by atoms with van der Waals surface area (Å²) in [6, 6.07) is 19.2. The summed E-state index contributed by atoms with van der Waals surface area (Å²) in [5.74, 6) is 1.31. The van der Waals surface area contributed by atoms with Crippen molar-refractivity contribution >= 4 is 14.2 Å². The van der Waals surface area contributed by atoms with Crippen LogP contribution in [0.25, 0.3) is 0 Å². The highest BCUT2D eigenvalue weighted by Crippen LogP contribution is 2.40. The molecule has 3 rings (SSSR count). The summed E-state index contributed by atoms with van der Waals surface area (Å²) >= 11 is 0. The second-order valence-electron chi connectivity index (χ2n) is 12.9. The third-order valence-corrected chi connectivity index (χ3v) is 12.9. The second-order valence-corrected chi connectivity index (χ2v) is 17.6. The van der Waals surface area contributed by atoms with Gasteiger partial charge in [-0.05, 0) is 78.0 Å². The molecule has 0 aromatic heterocycles. The largest absolute Gasteiger partial charge is 0.508 e. The summed E-state index contributed by atoms with van der Waals surface area (Å²) in [5.41, 5.74) is 4.45. The molecule has 0 aliphatic heterocycles. The van der Waals surface area contributed by atoms with E-state index in [0.717, 1.165) is 28.7 Å². The van der Waals surface area contributed by atoms with Crippen molar-refractivity contribution in [1.29, 1.82) is 0 Å². The Morgan fingerprint density at radius 1 is 0.932 bits per heavy atom. The normalized spacial score (nSPS) is 13.3. The molecule has 44 heavy (non-hydrogen) atoms. The molecule has 0 bridgehead atoms. The van der Waals surface area contributed by atoms with Crippen LogP contribution in [0.1, 0.15) is 61.6 Å². The SMILES string of the molecule is COc1ccc(CNC(=O)Cc2cccc(C[C@@H](C)NC[C@@H](O[Si](C)(C)C(C)(C)C)c3ccc(O)c(CO)c3)c2)cc1OC. The van der Waals surface area contributed by atoms with E-state index in [2.05, 4.69) is 63.6 Å². The van der Waals surface area contributed by atoms with E-state index >= 15 is 0 Å². The van der Waals surface area contributed by atoms with Crippen molar-refractivity contribution in [2.75, 3.05) is 20.8 Å².